The second kappa shape index (κ2) is 21.6. The minimum absolute atomic E-state index is 0.0361. The van der Waals surface area contributed by atoms with Crippen LogP contribution in [0.3, 0.4) is 0 Å². The Morgan fingerprint density at radius 2 is 1.38 bits per heavy atom. The molecule has 4 fully saturated rings. The third kappa shape index (κ3) is 11.2. The quantitative estimate of drug-likeness (QED) is 0.0597. The lowest BCUT2D eigenvalue weighted by atomic mass is 9.43. The zero-order valence-corrected chi connectivity index (χ0v) is 34.4. The number of nitrogens with two attached hydrogens (primary N) is 2. The average Bonchev–Trinajstić information content (AvgIpc) is 3.49. The van der Waals surface area contributed by atoms with Crippen molar-refractivity contribution in [3.8, 4) is 0 Å². The van der Waals surface area contributed by atoms with E-state index >= 15 is 0 Å². The van der Waals surface area contributed by atoms with Crippen molar-refractivity contribution in [2.45, 2.75) is 188 Å². The Kier molecular flexibility index (Phi) is 17.9. The van der Waals surface area contributed by atoms with E-state index in [0.717, 1.165) is 83.7 Å². The van der Waals surface area contributed by atoms with Gasteiger partial charge in [0, 0.05) is 31.5 Å². The van der Waals surface area contributed by atoms with E-state index in [9.17, 15) is 14.4 Å². The van der Waals surface area contributed by atoms with Gasteiger partial charge >= 0.3 is 17.9 Å². The summed E-state index contributed by atoms with van der Waals surface area (Å²) in [6, 6.07) is 0. The van der Waals surface area contributed by atoms with Crippen LogP contribution in [0.25, 0.3) is 0 Å². The molecular weight excluding hydrogens is 668 g/mol. The maximum absolute atomic E-state index is 13.3. The molecule has 11 atom stereocenters. The van der Waals surface area contributed by atoms with Crippen molar-refractivity contribution < 1.29 is 33.3 Å². The molecule has 0 spiro atoms. The van der Waals surface area contributed by atoms with Crippen LogP contribution < -0.4 is 11.5 Å². The maximum Gasteiger partial charge on any atom is 0.307 e. The third-order valence-corrected chi connectivity index (χ3v) is 14.6. The normalized spacial score (nSPS) is 34.0. The predicted octanol–water partition coefficient (Wildman–Crippen LogP) is 8.67. The first-order valence-electron chi connectivity index (χ1n) is 22.1. The molecule has 4 saturated carbocycles. The monoisotopic (exact) mass is 747 g/mol. The highest BCUT2D eigenvalue weighted by Gasteiger charge is 2.67. The van der Waals surface area contributed by atoms with Crippen molar-refractivity contribution in [2.24, 2.45) is 57.8 Å². The summed E-state index contributed by atoms with van der Waals surface area (Å²) < 4.78 is 25.1. The molecule has 9 heteroatoms. The van der Waals surface area contributed by atoms with Gasteiger partial charge in [-0.25, -0.2) is 0 Å². The number of unbranched alkanes of at least 4 members (excludes halogenated alkanes) is 8. The number of hydrogen-bond acceptors (Lipinski definition) is 9. The highest BCUT2D eigenvalue weighted by molar-refractivity contribution is 5.70. The zero-order valence-electron chi connectivity index (χ0n) is 34.4. The van der Waals surface area contributed by atoms with Crippen molar-refractivity contribution in [1.82, 2.24) is 0 Å². The van der Waals surface area contributed by atoms with E-state index in [4.69, 9.17) is 30.4 Å². The predicted molar refractivity (Wildman–Crippen MR) is 210 cm³/mol. The van der Waals surface area contributed by atoms with Gasteiger partial charge in [-0.1, -0.05) is 86.0 Å². The van der Waals surface area contributed by atoms with Crippen LogP contribution in [0.5, 0.6) is 0 Å². The Labute approximate surface area is 322 Å². The molecule has 0 aromatic carbocycles. The summed E-state index contributed by atoms with van der Waals surface area (Å²) >= 11 is 0. The molecule has 0 amide bonds. The van der Waals surface area contributed by atoms with Crippen LogP contribution in [0.4, 0.5) is 0 Å². The minimum atomic E-state index is -0.226. The smallest absolute Gasteiger partial charge is 0.307 e. The summed E-state index contributed by atoms with van der Waals surface area (Å²) in [5, 5.41) is 0. The van der Waals surface area contributed by atoms with E-state index in [1.807, 2.05) is 0 Å². The molecule has 0 bridgehead atoms. The molecule has 9 nitrogen and oxygen atoms in total. The van der Waals surface area contributed by atoms with Crippen LogP contribution in [0.2, 0.25) is 0 Å². The Morgan fingerprint density at radius 1 is 0.717 bits per heavy atom. The van der Waals surface area contributed by atoms with Gasteiger partial charge in [-0.15, -0.1) is 0 Å². The summed E-state index contributed by atoms with van der Waals surface area (Å²) in [4.78, 5) is 38.6. The number of fused-ring (bicyclic) bond motifs is 5. The molecule has 0 saturated heterocycles. The fraction of sp³-hybridized carbons (Fsp3) is 0.932. The van der Waals surface area contributed by atoms with Gasteiger partial charge in [0.1, 0.15) is 12.2 Å². The Hall–Kier alpha value is -1.71. The van der Waals surface area contributed by atoms with Crippen LogP contribution in [-0.2, 0) is 33.3 Å². The number of ether oxygens (including phenoxy) is 4. The molecule has 4 N–H and O–H groups in total. The molecule has 4 rings (SSSR count). The van der Waals surface area contributed by atoms with Crippen molar-refractivity contribution in [3.63, 3.8) is 0 Å². The molecule has 306 valence electrons. The minimum Gasteiger partial charge on any atom is -0.466 e. The first-order valence-corrected chi connectivity index (χ1v) is 22.1. The Bertz CT molecular complexity index is 1140. The average molecular weight is 747 g/mol. The molecule has 53 heavy (non-hydrogen) atoms. The molecule has 0 heterocycles. The summed E-state index contributed by atoms with van der Waals surface area (Å²) in [6.07, 6.45) is 20.0. The van der Waals surface area contributed by atoms with Gasteiger partial charge in [0.15, 0.2) is 0 Å². The first kappa shape index (κ1) is 44.0. The summed E-state index contributed by atoms with van der Waals surface area (Å²) in [5.41, 5.74) is 11.3. The van der Waals surface area contributed by atoms with E-state index in [-0.39, 0.29) is 72.4 Å². The Morgan fingerprint density at radius 3 is 2.06 bits per heavy atom. The van der Waals surface area contributed by atoms with E-state index in [1.165, 1.54) is 38.5 Å². The van der Waals surface area contributed by atoms with Crippen LogP contribution in [0.15, 0.2) is 0 Å². The van der Waals surface area contributed by atoms with Crippen molar-refractivity contribution in [1.29, 1.82) is 0 Å². The van der Waals surface area contributed by atoms with E-state index < -0.39 is 0 Å². The molecule has 4 aliphatic carbocycles. The molecule has 0 unspecified atom stereocenters. The van der Waals surface area contributed by atoms with Crippen molar-refractivity contribution in [3.05, 3.63) is 0 Å². The van der Waals surface area contributed by atoms with Gasteiger partial charge in [-0.05, 0) is 105 Å². The van der Waals surface area contributed by atoms with Gasteiger partial charge in [-0.2, -0.15) is 0 Å². The summed E-state index contributed by atoms with van der Waals surface area (Å²) in [7, 11) is 0. The van der Waals surface area contributed by atoms with Gasteiger partial charge in [0.25, 0.3) is 0 Å². The third-order valence-electron chi connectivity index (χ3n) is 14.6. The molecular formula is C44H78N2O7. The highest BCUT2D eigenvalue weighted by atomic mass is 16.6. The summed E-state index contributed by atoms with van der Waals surface area (Å²) in [5.74, 6) is 1.53. The Balaban J connectivity index is 1.48. The lowest BCUT2D eigenvalue weighted by Gasteiger charge is -2.64. The molecule has 4 aliphatic rings. The second-order valence-corrected chi connectivity index (χ2v) is 17.9. The van der Waals surface area contributed by atoms with Crippen LogP contribution in [0.1, 0.15) is 169 Å². The lowest BCUT2D eigenvalue weighted by molar-refractivity contribution is -0.226. The van der Waals surface area contributed by atoms with Crippen molar-refractivity contribution >= 4 is 17.9 Å². The van der Waals surface area contributed by atoms with Crippen LogP contribution in [0, 0.1) is 46.3 Å². The number of carbonyl (C=O) groups excluding carboxylic acids is 3. The SMILES string of the molecule is CCCCCCCCCCOC(=O)CC[C@@H](C)[C@H]1CC[C@H]2[C@@H]3[C@H](OCCCC)C[C@@H]4C[C@H](OC(=O)CCN)CC[C@]4(C)[C@H]3C[C@H](OC(=O)CCN)[C@]12C. The topological polar surface area (TPSA) is 140 Å². The fourth-order valence-electron chi connectivity index (χ4n) is 11.6. The molecule has 0 aromatic heterocycles. The highest BCUT2D eigenvalue weighted by Crippen LogP contribution is 2.69. The van der Waals surface area contributed by atoms with Gasteiger partial charge in [-0.3, -0.25) is 14.4 Å². The number of esters is 3. The fourth-order valence-corrected chi connectivity index (χ4v) is 11.6. The molecule has 0 aliphatic heterocycles. The standard InChI is InChI=1S/C44H78N2O7/c1-6-8-10-11-12-13-14-15-27-51-39(47)19-16-31(3)34-17-18-35-42-36(30-38(44(34,35)5)53-41(49)22-25-46)43(4)23-20-33(52-40(48)21-24-45)28-32(43)29-37(42)50-26-9-7-2/h31-38,42H,6-30,45-46H2,1-5H3/t31-,32+,33-,34-,35+,36+,37-,38+,42+,43+,44-/m1/s1. The van der Waals surface area contributed by atoms with Crippen molar-refractivity contribution in [2.75, 3.05) is 26.3 Å². The van der Waals surface area contributed by atoms with Crippen LogP contribution in [-0.4, -0.2) is 62.5 Å². The largest absolute Gasteiger partial charge is 0.466 e. The van der Waals surface area contributed by atoms with E-state index in [2.05, 4.69) is 34.6 Å². The molecule has 0 radical (unpaired) electrons. The molecule has 0 aromatic rings. The van der Waals surface area contributed by atoms with E-state index in [0.29, 0.717) is 49.2 Å². The second-order valence-electron chi connectivity index (χ2n) is 17.9. The number of hydrogen-bond donors (Lipinski definition) is 2. The summed E-state index contributed by atoms with van der Waals surface area (Å²) in [6.45, 7) is 13.5. The van der Waals surface area contributed by atoms with Gasteiger partial charge in [0.05, 0.1) is 25.6 Å². The maximum atomic E-state index is 13.3. The number of carbonyl (C=O) groups is 3. The zero-order chi connectivity index (χ0) is 38.4. The van der Waals surface area contributed by atoms with Crippen LogP contribution >= 0.6 is 0 Å². The van der Waals surface area contributed by atoms with Gasteiger partial charge in [0.2, 0.25) is 0 Å². The lowest BCUT2D eigenvalue weighted by Crippen LogP contribution is -2.63. The van der Waals surface area contributed by atoms with Gasteiger partial charge < -0.3 is 30.4 Å². The van der Waals surface area contributed by atoms with E-state index in [1.54, 1.807) is 0 Å². The first-order chi connectivity index (χ1) is 25.5. The number of rotatable bonds is 23.